The molecule has 1 N–H and O–H groups in total. The van der Waals surface area contributed by atoms with E-state index in [1.807, 2.05) is 0 Å². The lowest BCUT2D eigenvalue weighted by Gasteiger charge is -2.13. The summed E-state index contributed by atoms with van der Waals surface area (Å²) >= 11 is 0. The van der Waals surface area contributed by atoms with Gasteiger partial charge in [-0.25, -0.2) is 0 Å². The molecule has 2 nitrogen and oxygen atoms in total. The molecule has 0 heterocycles. The summed E-state index contributed by atoms with van der Waals surface area (Å²) in [5, 5.41) is 9.23. The molecule has 0 aliphatic heterocycles. The van der Waals surface area contributed by atoms with Crippen LogP contribution in [0.2, 0.25) is 0 Å². The molecule has 2 heteroatoms. The molecule has 0 aromatic rings. The number of hydrogen-bond donors (Lipinski definition) is 1. The van der Waals surface area contributed by atoms with Crippen LogP contribution in [0, 0.1) is 17.8 Å². The second-order valence-electron chi connectivity index (χ2n) is 6.75. The van der Waals surface area contributed by atoms with Crippen molar-refractivity contribution in [3.63, 3.8) is 0 Å². The Balaban J connectivity index is 3.66. The molecule has 1 unspecified atom stereocenters. The topological polar surface area (TPSA) is 37.3 Å². The Labute approximate surface area is 120 Å². The van der Waals surface area contributed by atoms with E-state index in [9.17, 15) is 9.90 Å². The molecule has 19 heavy (non-hydrogen) atoms. The highest BCUT2D eigenvalue weighted by atomic mass is 16.4. The first-order valence-corrected chi connectivity index (χ1v) is 8.16. The quantitative estimate of drug-likeness (QED) is 0.475. The lowest BCUT2D eigenvalue weighted by molar-refractivity contribution is -0.142. The van der Waals surface area contributed by atoms with E-state index < -0.39 is 5.97 Å². The average molecular weight is 270 g/mol. The van der Waals surface area contributed by atoms with Gasteiger partial charge in [0.05, 0.1) is 5.92 Å². The predicted octanol–water partition coefficient (Wildman–Crippen LogP) is 5.51. The second kappa shape index (κ2) is 11.3. The summed E-state index contributed by atoms with van der Waals surface area (Å²) < 4.78 is 0. The van der Waals surface area contributed by atoms with Crippen LogP contribution >= 0.6 is 0 Å². The van der Waals surface area contributed by atoms with Crippen molar-refractivity contribution in [3.8, 4) is 0 Å². The Kier molecular flexibility index (Phi) is 11.0. The molecule has 0 fully saturated rings. The molecule has 0 radical (unpaired) electrons. The van der Waals surface area contributed by atoms with Gasteiger partial charge in [0.2, 0.25) is 0 Å². The molecule has 1 atom stereocenters. The molecule has 0 aliphatic carbocycles. The van der Waals surface area contributed by atoms with E-state index in [-0.39, 0.29) is 5.92 Å². The molecule has 0 aromatic heterocycles. The zero-order chi connectivity index (χ0) is 14.7. The molecule has 0 aromatic carbocycles. The number of aliphatic carboxylic acids is 1. The summed E-state index contributed by atoms with van der Waals surface area (Å²) in [4.78, 5) is 11.2. The van der Waals surface area contributed by atoms with Crippen LogP contribution in [0.5, 0.6) is 0 Å². The first-order valence-electron chi connectivity index (χ1n) is 8.16. The summed E-state index contributed by atoms with van der Waals surface area (Å²) in [6.07, 6.45) is 9.99. The molecular formula is C17H34O2. The van der Waals surface area contributed by atoms with Crippen molar-refractivity contribution < 1.29 is 9.90 Å². The van der Waals surface area contributed by atoms with E-state index in [4.69, 9.17) is 0 Å². The maximum atomic E-state index is 11.2. The van der Waals surface area contributed by atoms with E-state index in [1.165, 1.54) is 32.1 Å². The lowest BCUT2D eigenvalue weighted by Crippen LogP contribution is -2.13. The fourth-order valence-corrected chi connectivity index (χ4v) is 2.45. The predicted molar refractivity (Wildman–Crippen MR) is 82.4 cm³/mol. The third kappa shape index (κ3) is 12.3. The largest absolute Gasteiger partial charge is 0.481 e. The van der Waals surface area contributed by atoms with Gasteiger partial charge in [-0.2, -0.15) is 0 Å². The van der Waals surface area contributed by atoms with E-state index in [0.717, 1.165) is 37.5 Å². The van der Waals surface area contributed by atoms with Gasteiger partial charge in [-0.15, -0.1) is 0 Å². The van der Waals surface area contributed by atoms with Crippen LogP contribution in [-0.4, -0.2) is 11.1 Å². The minimum Gasteiger partial charge on any atom is -0.481 e. The normalized spacial score (nSPS) is 13.2. The fourth-order valence-electron chi connectivity index (χ4n) is 2.45. The Morgan fingerprint density at radius 2 is 1.11 bits per heavy atom. The van der Waals surface area contributed by atoms with Crippen LogP contribution in [0.25, 0.3) is 0 Å². The molecule has 0 rings (SSSR count). The summed E-state index contributed by atoms with van der Waals surface area (Å²) in [7, 11) is 0. The minimum absolute atomic E-state index is 0.105. The second-order valence-corrected chi connectivity index (χ2v) is 6.75. The van der Waals surface area contributed by atoms with E-state index in [1.54, 1.807) is 0 Å². The first-order chi connectivity index (χ1) is 8.93. The fraction of sp³-hybridized carbons (Fsp3) is 0.941. The molecule has 0 bridgehead atoms. The van der Waals surface area contributed by atoms with E-state index >= 15 is 0 Å². The van der Waals surface area contributed by atoms with Gasteiger partial charge in [0.25, 0.3) is 0 Å². The average Bonchev–Trinajstić information content (AvgIpc) is 2.30. The minimum atomic E-state index is -0.589. The van der Waals surface area contributed by atoms with Crippen molar-refractivity contribution in [2.45, 2.75) is 85.5 Å². The van der Waals surface area contributed by atoms with Gasteiger partial charge in [0.15, 0.2) is 0 Å². The van der Waals surface area contributed by atoms with Crippen LogP contribution in [-0.2, 0) is 4.79 Å². The van der Waals surface area contributed by atoms with Gasteiger partial charge >= 0.3 is 5.97 Å². The highest BCUT2D eigenvalue weighted by molar-refractivity contribution is 5.69. The molecule has 0 aliphatic rings. The van der Waals surface area contributed by atoms with Crippen LogP contribution < -0.4 is 0 Å². The van der Waals surface area contributed by atoms with Crippen molar-refractivity contribution in [2.75, 3.05) is 0 Å². The Bertz CT molecular complexity index is 221. The van der Waals surface area contributed by atoms with Crippen LogP contribution in [0.15, 0.2) is 0 Å². The number of unbranched alkanes of at least 4 members (excludes halogenated alkanes) is 3. The zero-order valence-corrected chi connectivity index (χ0v) is 13.5. The van der Waals surface area contributed by atoms with Gasteiger partial charge in [0.1, 0.15) is 0 Å². The first kappa shape index (κ1) is 18.5. The monoisotopic (exact) mass is 270 g/mol. The number of hydrogen-bond acceptors (Lipinski definition) is 1. The summed E-state index contributed by atoms with van der Waals surface area (Å²) in [6, 6.07) is 0. The highest BCUT2D eigenvalue weighted by Crippen LogP contribution is 2.20. The van der Waals surface area contributed by atoms with Gasteiger partial charge in [0, 0.05) is 0 Å². The van der Waals surface area contributed by atoms with Gasteiger partial charge in [-0.05, 0) is 24.7 Å². The van der Waals surface area contributed by atoms with Gasteiger partial charge in [-0.1, -0.05) is 72.6 Å². The number of rotatable bonds is 12. The summed E-state index contributed by atoms with van der Waals surface area (Å²) in [5.41, 5.74) is 0. The standard InChI is InChI=1S/C17H34O2/c1-14(2)10-6-5-7-12-16(17(18)19)13-9-8-11-15(3)4/h14-16H,5-13H2,1-4H3,(H,18,19). The van der Waals surface area contributed by atoms with Gasteiger partial charge < -0.3 is 5.11 Å². The van der Waals surface area contributed by atoms with E-state index in [2.05, 4.69) is 27.7 Å². The molecule has 0 saturated carbocycles. The van der Waals surface area contributed by atoms with E-state index in [0.29, 0.717) is 0 Å². The molecular weight excluding hydrogens is 236 g/mol. The maximum Gasteiger partial charge on any atom is 0.306 e. The lowest BCUT2D eigenvalue weighted by atomic mass is 9.93. The smallest absolute Gasteiger partial charge is 0.306 e. The van der Waals surface area contributed by atoms with Crippen molar-refractivity contribution in [2.24, 2.45) is 17.8 Å². The van der Waals surface area contributed by atoms with Crippen molar-refractivity contribution >= 4 is 5.97 Å². The van der Waals surface area contributed by atoms with Crippen molar-refractivity contribution in [3.05, 3.63) is 0 Å². The van der Waals surface area contributed by atoms with Crippen molar-refractivity contribution in [1.82, 2.24) is 0 Å². The van der Waals surface area contributed by atoms with Gasteiger partial charge in [-0.3, -0.25) is 4.79 Å². The SMILES string of the molecule is CC(C)CCCCCC(CCCCC(C)C)C(=O)O. The number of carbonyl (C=O) groups is 1. The molecule has 0 amide bonds. The van der Waals surface area contributed by atoms with Crippen LogP contribution in [0.4, 0.5) is 0 Å². The Morgan fingerprint density at radius 3 is 1.53 bits per heavy atom. The third-order valence-electron chi connectivity index (χ3n) is 3.77. The molecule has 0 spiro atoms. The summed E-state index contributed by atoms with van der Waals surface area (Å²) in [5.74, 6) is 0.810. The van der Waals surface area contributed by atoms with Crippen LogP contribution in [0.3, 0.4) is 0 Å². The molecule has 0 saturated heterocycles. The third-order valence-corrected chi connectivity index (χ3v) is 3.77. The Hall–Kier alpha value is -0.530. The summed E-state index contributed by atoms with van der Waals surface area (Å²) in [6.45, 7) is 8.94. The number of carboxylic acids is 1. The molecule has 114 valence electrons. The van der Waals surface area contributed by atoms with Crippen molar-refractivity contribution in [1.29, 1.82) is 0 Å². The zero-order valence-electron chi connectivity index (χ0n) is 13.5. The highest BCUT2D eigenvalue weighted by Gasteiger charge is 2.16. The number of carboxylic acid groups (broad SMARTS) is 1. The Morgan fingerprint density at radius 1 is 0.737 bits per heavy atom. The maximum absolute atomic E-state index is 11.2. The van der Waals surface area contributed by atoms with Crippen LogP contribution in [0.1, 0.15) is 85.5 Å².